The van der Waals surface area contributed by atoms with Crippen LogP contribution in [0.15, 0.2) is 34.8 Å². The third-order valence-electron chi connectivity index (χ3n) is 2.92. The molecule has 0 fully saturated rings. The van der Waals surface area contributed by atoms with Crippen molar-refractivity contribution in [2.75, 3.05) is 21.3 Å². The number of nitrogens with two attached hydrogens (primary N) is 1. The minimum absolute atomic E-state index is 0.118. The molecular weight excluding hydrogens is 320 g/mol. The van der Waals surface area contributed by atoms with Crippen molar-refractivity contribution in [2.45, 2.75) is 0 Å². The van der Waals surface area contributed by atoms with Gasteiger partial charge in [0.25, 0.3) is 0 Å². The van der Waals surface area contributed by atoms with E-state index in [-0.39, 0.29) is 17.1 Å². The van der Waals surface area contributed by atoms with Crippen LogP contribution in [-0.4, -0.2) is 33.1 Å². The molecule has 0 saturated heterocycles. The number of nitrogens with zero attached hydrogens (tertiary/aromatic N) is 1. The lowest BCUT2D eigenvalue weighted by Crippen LogP contribution is -2.14. The topological polar surface area (TPSA) is 92.4 Å². The first-order chi connectivity index (χ1) is 11.1. The fraction of sp³-hybridized carbons (Fsp3) is 0.200. The van der Waals surface area contributed by atoms with Gasteiger partial charge in [-0.1, -0.05) is 11.2 Å². The van der Waals surface area contributed by atoms with Crippen LogP contribution in [0.1, 0.15) is 15.2 Å². The van der Waals surface area contributed by atoms with E-state index in [0.717, 1.165) is 0 Å². The predicted octanol–water partition coefficient (Wildman–Crippen LogP) is 2.25. The number of carbonyl (C=O) groups excluding carboxylic acids is 1. The maximum atomic E-state index is 12.2. The third kappa shape index (κ3) is 3.54. The minimum atomic E-state index is -0.720. The number of benzene rings is 1. The van der Waals surface area contributed by atoms with Gasteiger partial charge in [0, 0.05) is 0 Å². The first kappa shape index (κ1) is 16.6. The number of methoxy groups -OCH3 is 3. The van der Waals surface area contributed by atoms with Crippen molar-refractivity contribution in [1.29, 1.82) is 0 Å². The molecule has 0 aliphatic carbocycles. The molecule has 23 heavy (non-hydrogen) atoms. The number of rotatable bonds is 6. The van der Waals surface area contributed by atoms with Crippen LogP contribution in [0, 0.1) is 0 Å². The summed E-state index contributed by atoms with van der Waals surface area (Å²) in [6, 6.07) is 6.67. The van der Waals surface area contributed by atoms with Gasteiger partial charge in [0.05, 0.1) is 26.2 Å². The lowest BCUT2D eigenvalue weighted by molar-refractivity contribution is 0.0511. The molecule has 1 aromatic heterocycles. The first-order valence-corrected chi connectivity index (χ1v) is 7.38. The molecule has 8 heteroatoms. The zero-order valence-electron chi connectivity index (χ0n) is 12.9. The fourth-order valence-electron chi connectivity index (χ4n) is 1.87. The number of amidine groups is 1. The van der Waals surface area contributed by atoms with Crippen molar-refractivity contribution in [3.8, 4) is 17.2 Å². The van der Waals surface area contributed by atoms with Crippen molar-refractivity contribution in [1.82, 2.24) is 0 Å². The maximum absolute atomic E-state index is 12.2. The Labute approximate surface area is 137 Å². The van der Waals surface area contributed by atoms with Gasteiger partial charge < -0.3 is 24.8 Å². The standard InChI is InChI=1S/C15H16N2O5S/c1-19-10-7-6-9(12(20-2)13(10)21-3)15(18)22-17-14(16)11-5-4-8-23-11/h4-8H,1-3H3,(H2,16,17). The van der Waals surface area contributed by atoms with E-state index in [9.17, 15) is 4.79 Å². The van der Waals surface area contributed by atoms with E-state index in [2.05, 4.69) is 5.16 Å². The van der Waals surface area contributed by atoms with Crippen LogP contribution in [0.2, 0.25) is 0 Å². The number of hydrogen-bond acceptors (Lipinski definition) is 7. The highest BCUT2D eigenvalue weighted by molar-refractivity contribution is 7.12. The Kier molecular flexibility index (Phi) is 5.42. The van der Waals surface area contributed by atoms with Crippen LogP contribution in [-0.2, 0) is 4.84 Å². The Balaban J connectivity index is 2.27. The van der Waals surface area contributed by atoms with Crippen LogP contribution in [0.25, 0.3) is 0 Å². The smallest absolute Gasteiger partial charge is 0.369 e. The van der Waals surface area contributed by atoms with Crippen LogP contribution < -0.4 is 19.9 Å². The summed E-state index contributed by atoms with van der Waals surface area (Å²) >= 11 is 1.39. The van der Waals surface area contributed by atoms with E-state index in [4.69, 9.17) is 24.8 Å². The van der Waals surface area contributed by atoms with Gasteiger partial charge in [0.2, 0.25) is 5.75 Å². The fourth-order valence-corrected chi connectivity index (χ4v) is 2.49. The van der Waals surface area contributed by atoms with Crippen molar-refractivity contribution in [3.05, 3.63) is 40.1 Å². The molecule has 0 saturated carbocycles. The normalized spacial score (nSPS) is 11.0. The van der Waals surface area contributed by atoms with Gasteiger partial charge in [0.1, 0.15) is 5.56 Å². The molecule has 1 aromatic carbocycles. The number of thiophene rings is 1. The summed E-state index contributed by atoms with van der Waals surface area (Å²) < 4.78 is 15.6. The quantitative estimate of drug-likeness (QED) is 0.376. The highest BCUT2D eigenvalue weighted by Crippen LogP contribution is 2.39. The second kappa shape index (κ2) is 7.50. The predicted molar refractivity (Wildman–Crippen MR) is 86.6 cm³/mol. The largest absolute Gasteiger partial charge is 0.493 e. The summed E-state index contributed by atoms with van der Waals surface area (Å²) in [5, 5.41) is 5.49. The number of ether oxygens (including phenoxy) is 3. The Morgan fingerprint density at radius 2 is 1.83 bits per heavy atom. The summed E-state index contributed by atoms with van der Waals surface area (Å²) in [5.41, 5.74) is 5.89. The summed E-state index contributed by atoms with van der Waals surface area (Å²) in [7, 11) is 4.35. The van der Waals surface area contributed by atoms with Crippen molar-refractivity contribution >= 4 is 23.1 Å². The number of hydrogen-bond donors (Lipinski definition) is 1. The van der Waals surface area contributed by atoms with E-state index >= 15 is 0 Å². The van der Waals surface area contributed by atoms with Crippen LogP contribution in [0.3, 0.4) is 0 Å². The molecule has 2 aromatic rings. The van der Waals surface area contributed by atoms with E-state index < -0.39 is 5.97 Å². The highest BCUT2D eigenvalue weighted by atomic mass is 32.1. The van der Waals surface area contributed by atoms with Crippen LogP contribution in [0.4, 0.5) is 0 Å². The molecule has 0 amide bonds. The molecule has 0 atom stereocenters. The molecule has 0 aliphatic rings. The van der Waals surface area contributed by atoms with Gasteiger partial charge in [-0.05, 0) is 23.6 Å². The lowest BCUT2D eigenvalue weighted by Gasteiger charge is -2.14. The van der Waals surface area contributed by atoms with E-state index in [1.54, 1.807) is 12.1 Å². The molecule has 0 unspecified atom stereocenters. The molecule has 0 aliphatic heterocycles. The lowest BCUT2D eigenvalue weighted by atomic mass is 10.1. The van der Waals surface area contributed by atoms with Gasteiger partial charge >= 0.3 is 5.97 Å². The zero-order chi connectivity index (χ0) is 16.8. The SMILES string of the molecule is COc1ccc(C(=O)O/N=C(\N)c2cccs2)c(OC)c1OC. The van der Waals surface area contributed by atoms with Gasteiger partial charge in [-0.3, -0.25) is 0 Å². The molecule has 2 N–H and O–H groups in total. The number of carbonyl (C=O) groups is 1. The van der Waals surface area contributed by atoms with Crippen molar-refractivity contribution < 1.29 is 23.8 Å². The average Bonchev–Trinajstić information content (AvgIpc) is 3.12. The first-order valence-electron chi connectivity index (χ1n) is 6.50. The molecule has 0 bridgehead atoms. The Morgan fingerprint density at radius 1 is 1.09 bits per heavy atom. The molecule has 122 valence electrons. The molecule has 7 nitrogen and oxygen atoms in total. The summed E-state index contributed by atoms with van der Waals surface area (Å²) in [6.07, 6.45) is 0. The second-order valence-electron chi connectivity index (χ2n) is 4.21. The van der Waals surface area contributed by atoms with E-state index in [1.165, 1.54) is 38.7 Å². The van der Waals surface area contributed by atoms with Crippen LogP contribution >= 0.6 is 11.3 Å². The van der Waals surface area contributed by atoms with Gasteiger partial charge in [-0.25, -0.2) is 4.79 Å². The summed E-state index contributed by atoms with van der Waals surface area (Å²) in [4.78, 5) is 17.8. The zero-order valence-corrected chi connectivity index (χ0v) is 13.7. The van der Waals surface area contributed by atoms with Crippen molar-refractivity contribution in [3.63, 3.8) is 0 Å². The number of oxime groups is 1. The van der Waals surface area contributed by atoms with Gasteiger partial charge in [0.15, 0.2) is 17.3 Å². The van der Waals surface area contributed by atoms with E-state index in [0.29, 0.717) is 16.4 Å². The minimum Gasteiger partial charge on any atom is -0.493 e. The Morgan fingerprint density at radius 3 is 2.39 bits per heavy atom. The average molecular weight is 336 g/mol. The molecule has 0 radical (unpaired) electrons. The van der Waals surface area contributed by atoms with E-state index in [1.807, 2.05) is 11.4 Å². The molecule has 2 rings (SSSR count). The highest BCUT2D eigenvalue weighted by Gasteiger charge is 2.22. The molecule has 1 heterocycles. The van der Waals surface area contributed by atoms with Gasteiger partial charge in [-0.2, -0.15) is 0 Å². The molecule has 0 spiro atoms. The summed E-state index contributed by atoms with van der Waals surface area (Å²) in [6.45, 7) is 0. The molecular formula is C15H16N2O5S. The van der Waals surface area contributed by atoms with Gasteiger partial charge in [-0.15, -0.1) is 11.3 Å². The monoisotopic (exact) mass is 336 g/mol. The third-order valence-corrected chi connectivity index (χ3v) is 3.82. The summed E-state index contributed by atoms with van der Waals surface area (Å²) in [5.74, 6) is 0.319. The maximum Gasteiger partial charge on any atom is 0.369 e. The van der Waals surface area contributed by atoms with Crippen LogP contribution in [0.5, 0.6) is 17.2 Å². The van der Waals surface area contributed by atoms with Crippen molar-refractivity contribution in [2.24, 2.45) is 10.9 Å². The second-order valence-corrected chi connectivity index (χ2v) is 5.16. The Bertz CT molecular complexity index is 713. The Hall–Kier alpha value is -2.74.